The summed E-state index contributed by atoms with van der Waals surface area (Å²) in [7, 11) is 0. The third-order valence-electron chi connectivity index (χ3n) is 4.42. The minimum absolute atomic E-state index is 0.0292. The summed E-state index contributed by atoms with van der Waals surface area (Å²) >= 11 is 1.31. The Morgan fingerprint density at radius 3 is 2.55 bits per heavy atom. The topological polar surface area (TPSA) is 141 Å². The van der Waals surface area contributed by atoms with Gasteiger partial charge in [0.1, 0.15) is 10.7 Å². The molecule has 1 aromatic heterocycles. The van der Waals surface area contributed by atoms with E-state index in [0.717, 1.165) is 5.39 Å². The number of amides is 1. The van der Waals surface area contributed by atoms with Gasteiger partial charge in [-0.25, -0.2) is 0 Å². The van der Waals surface area contributed by atoms with Gasteiger partial charge in [-0.05, 0) is 29.7 Å². The molecule has 0 aliphatic rings. The highest BCUT2D eigenvalue weighted by molar-refractivity contribution is 7.15. The molecule has 0 aliphatic carbocycles. The maximum Gasteiger partial charge on any atom is 0.270 e. The van der Waals surface area contributed by atoms with Crippen LogP contribution in [0.5, 0.6) is 0 Å². The first-order valence-electron chi connectivity index (χ1n) is 9.38. The van der Waals surface area contributed by atoms with Crippen molar-refractivity contribution in [3.05, 3.63) is 51.9 Å². The van der Waals surface area contributed by atoms with Crippen LogP contribution >= 0.6 is 11.3 Å². The number of benzene rings is 2. The highest BCUT2D eigenvalue weighted by Crippen LogP contribution is 2.38. The second kappa shape index (κ2) is 10.1. The van der Waals surface area contributed by atoms with Crippen LogP contribution in [0.4, 0.5) is 27.8 Å². The Hall–Kier alpha value is -3.41. The fourth-order valence-corrected chi connectivity index (χ4v) is 3.85. The van der Waals surface area contributed by atoms with Crippen LogP contribution in [-0.4, -0.2) is 47.3 Å². The van der Waals surface area contributed by atoms with E-state index in [9.17, 15) is 25.1 Å². The molecule has 0 unspecified atom stereocenters. The predicted octanol–water partition coefficient (Wildman–Crippen LogP) is 3.97. The number of carbonyl (C=O) groups is 1. The highest BCUT2D eigenvalue weighted by atomic mass is 32.1. The summed E-state index contributed by atoms with van der Waals surface area (Å²) in [5.74, 6) is -0.290. The normalized spacial score (nSPS) is 11.2. The summed E-state index contributed by atoms with van der Waals surface area (Å²) < 4.78 is 0. The Bertz CT molecular complexity index is 1120. The molecule has 3 N–H and O–H groups in total. The molecular weight excluding hydrogens is 422 g/mol. The van der Waals surface area contributed by atoms with E-state index in [1.165, 1.54) is 30.4 Å². The molecule has 0 aliphatic heterocycles. The molecule has 0 spiro atoms. The quantitative estimate of drug-likeness (QED) is 0.260. The molecule has 31 heavy (non-hydrogen) atoms. The lowest BCUT2D eigenvalue weighted by atomic mass is 10.2. The second-order valence-corrected chi connectivity index (χ2v) is 7.44. The monoisotopic (exact) mass is 443 g/mol. The number of aliphatic hydroxyl groups is 2. The maximum atomic E-state index is 11.7. The van der Waals surface area contributed by atoms with Crippen LogP contribution in [0.1, 0.15) is 6.92 Å². The molecule has 11 heteroatoms. The summed E-state index contributed by atoms with van der Waals surface area (Å²) in [5, 5.41) is 44.6. The first-order chi connectivity index (χ1) is 14.9. The van der Waals surface area contributed by atoms with Crippen LogP contribution < -0.4 is 10.2 Å². The van der Waals surface area contributed by atoms with E-state index in [0.29, 0.717) is 40.5 Å². The molecule has 0 saturated heterocycles. The number of aliphatic hydroxyl groups excluding tert-OH is 2. The zero-order valence-corrected chi connectivity index (χ0v) is 17.5. The second-order valence-electron chi connectivity index (χ2n) is 6.59. The number of nitro benzene ring substituents is 1. The summed E-state index contributed by atoms with van der Waals surface area (Å²) in [6, 6.07) is 9.68. The van der Waals surface area contributed by atoms with Crippen LogP contribution in [0.2, 0.25) is 0 Å². The molecule has 2 aromatic carbocycles. The van der Waals surface area contributed by atoms with Crippen LogP contribution in [0.25, 0.3) is 10.8 Å². The van der Waals surface area contributed by atoms with E-state index >= 15 is 0 Å². The lowest BCUT2D eigenvalue weighted by Gasteiger charge is -2.23. The highest BCUT2D eigenvalue weighted by Gasteiger charge is 2.13. The van der Waals surface area contributed by atoms with Crippen molar-refractivity contribution >= 4 is 55.8 Å². The standard InChI is InChI=1S/C20H21N5O5S/c1-13(28)21-19-11-15(24(6-8-26)7-9-27)4-5-18(19)22-23-20-17-10-16(25(29)30)3-2-14(17)12-31-20/h2-5,10-12,26-27H,6-9H2,1H3,(H,21,28). The number of non-ortho nitro benzene ring substituents is 1. The zero-order valence-electron chi connectivity index (χ0n) is 16.7. The van der Waals surface area contributed by atoms with Crippen molar-refractivity contribution in [2.75, 3.05) is 36.5 Å². The molecule has 0 saturated carbocycles. The molecule has 3 aromatic rings. The van der Waals surface area contributed by atoms with Crippen molar-refractivity contribution in [3.8, 4) is 0 Å². The molecule has 10 nitrogen and oxygen atoms in total. The SMILES string of the molecule is CC(=O)Nc1cc(N(CCO)CCO)ccc1N=Nc1scc2ccc([N+](=O)[O-])cc12. The van der Waals surface area contributed by atoms with Crippen molar-refractivity contribution < 1.29 is 19.9 Å². The van der Waals surface area contributed by atoms with E-state index in [4.69, 9.17) is 0 Å². The Labute approximate surface area is 181 Å². The number of nitro groups is 1. The Morgan fingerprint density at radius 2 is 1.90 bits per heavy atom. The fraction of sp³-hybridized carbons (Fsp3) is 0.250. The van der Waals surface area contributed by atoms with Gasteiger partial charge in [0.05, 0.1) is 23.8 Å². The average Bonchev–Trinajstić information content (AvgIpc) is 3.14. The van der Waals surface area contributed by atoms with Gasteiger partial charge in [-0.3, -0.25) is 14.9 Å². The Balaban J connectivity index is 1.97. The number of hydrogen-bond donors (Lipinski definition) is 3. The summed E-state index contributed by atoms with van der Waals surface area (Å²) in [6.45, 7) is 1.84. The van der Waals surface area contributed by atoms with Crippen molar-refractivity contribution in [1.82, 2.24) is 0 Å². The van der Waals surface area contributed by atoms with Gasteiger partial charge < -0.3 is 20.4 Å². The van der Waals surface area contributed by atoms with Gasteiger partial charge in [0.25, 0.3) is 5.69 Å². The van der Waals surface area contributed by atoms with Crippen LogP contribution in [0.3, 0.4) is 0 Å². The lowest BCUT2D eigenvalue weighted by molar-refractivity contribution is -0.384. The molecular formula is C20H21N5O5S. The smallest absolute Gasteiger partial charge is 0.270 e. The van der Waals surface area contributed by atoms with E-state index < -0.39 is 4.92 Å². The van der Waals surface area contributed by atoms with E-state index in [-0.39, 0.29) is 24.8 Å². The number of thiophene rings is 1. The van der Waals surface area contributed by atoms with Crippen LogP contribution in [0, 0.1) is 10.1 Å². The van der Waals surface area contributed by atoms with Crippen molar-refractivity contribution in [2.45, 2.75) is 6.92 Å². The number of nitrogens with one attached hydrogen (secondary N) is 1. The Kier molecular flexibility index (Phi) is 7.23. The summed E-state index contributed by atoms with van der Waals surface area (Å²) in [4.78, 5) is 24.0. The predicted molar refractivity (Wildman–Crippen MR) is 120 cm³/mol. The molecule has 162 valence electrons. The number of hydrogen-bond acceptors (Lipinski definition) is 9. The van der Waals surface area contributed by atoms with Gasteiger partial charge in [0, 0.05) is 48.6 Å². The molecule has 3 rings (SSSR count). The van der Waals surface area contributed by atoms with Crippen molar-refractivity contribution in [3.63, 3.8) is 0 Å². The number of carbonyl (C=O) groups excluding carboxylic acids is 1. The zero-order chi connectivity index (χ0) is 22.4. The number of fused-ring (bicyclic) bond motifs is 1. The van der Waals surface area contributed by atoms with E-state index in [1.54, 1.807) is 29.2 Å². The number of rotatable bonds is 9. The number of nitrogens with zero attached hydrogens (tertiary/aromatic N) is 4. The lowest BCUT2D eigenvalue weighted by Crippen LogP contribution is -2.29. The molecule has 0 fully saturated rings. The fourth-order valence-electron chi connectivity index (χ4n) is 3.01. The first kappa shape index (κ1) is 22.3. The Morgan fingerprint density at radius 1 is 1.16 bits per heavy atom. The van der Waals surface area contributed by atoms with Crippen LogP contribution in [0.15, 0.2) is 52.0 Å². The third-order valence-corrected chi connectivity index (χ3v) is 5.32. The number of azo groups is 1. The maximum absolute atomic E-state index is 11.7. The van der Waals surface area contributed by atoms with Gasteiger partial charge in [-0.2, -0.15) is 0 Å². The van der Waals surface area contributed by atoms with Crippen LogP contribution in [-0.2, 0) is 4.79 Å². The van der Waals surface area contributed by atoms with Crippen molar-refractivity contribution in [1.29, 1.82) is 0 Å². The molecule has 0 atom stereocenters. The first-order valence-corrected chi connectivity index (χ1v) is 10.3. The molecule has 0 bridgehead atoms. The number of anilines is 2. The molecule has 0 radical (unpaired) electrons. The van der Waals surface area contributed by atoms with Gasteiger partial charge >= 0.3 is 0 Å². The molecule has 1 amide bonds. The minimum atomic E-state index is -0.462. The van der Waals surface area contributed by atoms with E-state index in [2.05, 4.69) is 15.5 Å². The third kappa shape index (κ3) is 5.40. The van der Waals surface area contributed by atoms with Gasteiger partial charge in [0.2, 0.25) is 5.91 Å². The van der Waals surface area contributed by atoms with Crippen molar-refractivity contribution in [2.24, 2.45) is 10.2 Å². The van der Waals surface area contributed by atoms with Gasteiger partial charge in [0.15, 0.2) is 0 Å². The molecule has 1 heterocycles. The average molecular weight is 443 g/mol. The van der Waals surface area contributed by atoms with Gasteiger partial charge in [-0.1, -0.05) is 0 Å². The largest absolute Gasteiger partial charge is 0.395 e. The minimum Gasteiger partial charge on any atom is -0.395 e. The summed E-state index contributed by atoms with van der Waals surface area (Å²) in [5.41, 5.74) is 1.49. The summed E-state index contributed by atoms with van der Waals surface area (Å²) in [6.07, 6.45) is 0. The van der Waals surface area contributed by atoms with Gasteiger partial charge in [-0.15, -0.1) is 21.6 Å². The van der Waals surface area contributed by atoms with E-state index in [1.807, 2.05) is 5.38 Å².